The van der Waals surface area contributed by atoms with Crippen LogP contribution in [0, 0.1) is 12.8 Å². The van der Waals surface area contributed by atoms with E-state index in [0.29, 0.717) is 36.0 Å². The Balaban J connectivity index is 1.74. The number of likely N-dealkylation sites (tertiary alicyclic amines) is 1. The molecule has 0 bridgehead atoms. The van der Waals surface area contributed by atoms with E-state index in [1.165, 1.54) is 0 Å². The molecule has 1 aromatic rings. The Bertz CT molecular complexity index is 505. The molecule has 1 amide bonds. The fourth-order valence-electron chi connectivity index (χ4n) is 2.57. The Kier molecular flexibility index (Phi) is 2.35. The number of aromatic nitrogens is 1. The molecule has 0 atom stereocenters. The van der Waals surface area contributed by atoms with Gasteiger partial charge in [0.2, 0.25) is 0 Å². The van der Waals surface area contributed by atoms with Crippen LogP contribution in [0.5, 0.6) is 0 Å². The summed E-state index contributed by atoms with van der Waals surface area (Å²) in [5.41, 5.74) is 6.71. The molecule has 3 rings (SSSR count). The standard InChI is InChI=1S/C13H17N3O2/c1-8-11(4-10(14)5-15-8)12(17)16-6-13(18,7-16)9-2-3-9/h4-5,9,18H,2-3,6-7,14H2,1H3. The molecule has 2 aliphatic rings. The van der Waals surface area contributed by atoms with Crippen molar-refractivity contribution in [2.24, 2.45) is 5.92 Å². The second kappa shape index (κ2) is 3.68. The second-order valence-corrected chi connectivity index (χ2v) is 5.44. The van der Waals surface area contributed by atoms with Crippen LogP contribution >= 0.6 is 0 Å². The molecule has 18 heavy (non-hydrogen) atoms. The van der Waals surface area contributed by atoms with E-state index in [1.54, 1.807) is 24.1 Å². The van der Waals surface area contributed by atoms with Gasteiger partial charge in [-0.2, -0.15) is 0 Å². The molecular weight excluding hydrogens is 230 g/mol. The maximum absolute atomic E-state index is 12.3. The molecule has 0 unspecified atom stereocenters. The number of nitrogen functional groups attached to an aromatic ring is 1. The normalized spacial score (nSPS) is 21.6. The van der Waals surface area contributed by atoms with Crippen molar-refractivity contribution in [1.29, 1.82) is 0 Å². The fraction of sp³-hybridized carbons (Fsp3) is 0.538. The van der Waals surface area contributed by atoms with E-state index in [-0.39, 0.29) is 5.91 Å². The van der Waals surface area contributed by atoms with E-state index < -0.39 is 5.60 Å². The molecule has 5 heteroatoms. The number of hydrogen-bond donors (Lipinski definition) is 2. The largest absolute Gasteiger partial charge is 0.397 e. The lowest BCUT2D eigenvalue weighted by atomic mass is 9.88. The molecule has 2 fully saturated rings. The second-order valence-electron chi connectivity index (χ2n) is 5.44. The quantitative estimate of drug-likeness (QED) is 0.800. The van der Waals surface area contributed by atoms with Crippen molar-refractivity contribution in [1.82, 2.24) is 9.88 Å². The van der Waals surface area contributed by atoms with Crippen molar-refractivity contribution >= 4 is 11.6 Å². The van der Waals surface area contributed by atoms with Gasteiger partial charge in [-0.3, -0.25) is 9.78 Å². The molecule has 1 saturated carbocycles. The number of rotatable bonds is 2. The predicted molar refractivity (Wildman–Crippen MR) is 67.0 cm³/mol. The summed E-state index contributed by atoms with van der Waals surface area (Å²) >= 11 is 0. The third-order valence-electron chi connectivity index (χ3n) is 3.89. The highest BCUT2D eigenvalue weighted by atomic mass is 16.3. The van der Waals surface area contributed by atoms with Gasteiger partial charge in [0.05, 0.1) is 36.2 Å². The lowest BCUT2D eigenvalue weighted by Crippen LogP contribution is -2.64. The van der Waals surface area contributed by atoms with Gasteiger partial charge in [0.25, 0.3) is 5.91 Å². The van der Waals surface area contributed by atoms with E-state index in [4.69, 9.17) is 5.73 Å². The van der Waals surface area contributed by atoms with Crippen LogP contribution in [0.25, 0.3) is 0 Å². The third kappa shape index (κ3) is 1.75. The van der Waals surface area contributed by atoms with Crippen LogP contribution in [0.2, 0.25) is 0 Å². The Labute approximate surface area is 106 Å². The van der Waals surface area contributed by atoms with Crippen LogP contribution in [-0.4, -0.2) is 39.6 Å². The Morgan fingerprint density at radius 2 is 2.22 bits per heavy atom. The van der Waals surface area contributed by atoms with Gasteiger partial charge in [-0.1, -0.05) is 0 Å². The first-order valence-corrected chi connectivity index (χ1v) is 6.23. The van der Waals surface area contributed by atoms with Crippen molar-refractivity contribution < 1.29 is 9.90 Å². The lowest BCUT2D eigenvalue weighted by Gasteiger charge is -2.47. The van der Waals surface area contributed by atoms with Crippen LogP contribution in [0.1, 0.15) is 28.9 Å². The molecule has 0 radical (unpaired) electrons. The average molecular weight is 247 g/mol. The summed E-state index contributed by atoms with van der Waals surface area (Å²) < 4.78 is 0. The highest BCUT2D eigenvalue weighted by molar-refractivity contribution is 5.96. The lowest BCUT2D eigenvalue weighted by molar-refractivity contribution is -0.0958. The smallest absolute Gasteiger partial charge is 0.255 e. The minimum atomic E-state index is -0.642. The van der Waals surface area contributed by atoms with E-state index >= 15 is 0 Å². The topological polar surface area (TPSA) is 79.5 Å². The zero-order chi connectivity index (χ0) is 12.9. The van der Waals surface area contributed by atoms with Gasteiger partial charge in [0, 0.05) is 0 Å². The van der Waals surface area contributed by atoms with Gasteiger partial charge >= 0.3 is 0 Å². The number of nitrogens with zero attached hydrogens (tertiary/aromatic N) is 2. The molecule has 1 aliphatic heterocycles. The van der Waals surface area contributed by atoms with Crippen LogP contribution in [0.3, 0.4) is 0 Å². The summed E-state index contributed by atoms with van der Waals surface area (Å²) in [5, 5.41) is 10.2. The summed E-state index contributed by atoms with van der Waals surface area (Å²) in [6.07, 6.45) is 3.71. The Morgan fingerprint density at radius 1 is 1.56 bits per heavy atom. The van der Waals surface area contributed by atoms with Gasteiger partial charge in [0.1, 0.15) is 5.60 Å². The maximum Gasteiger partial charge on any atom is 0.255 e. The summed E-state index contributed by atoms with van der Waals surface area (Å²) in [6, 6.07) is 1.65. The van der Waals surface area contributed by atoms with Crippen molar-refractivity contribution in [2.45, 2.75) is 25.4 Å². The van der Waals surface area contributed by atoms with Crippen molar-refractivity contribution in [2.75, 3.05) is 18.8 Å². The number of hydrogen-bond acceptors (Lipinski definition) is 4. The monoisotopic (exact) mass is 247 g/mol. The molecule has 0 aromatic carbocycles. The highest BCUT2D eigenvalue weighted by Gasteiger charge is 2.53. The number of aliphatic hydroxyl groups is 1. The molecule has 3 N–H and O–H groups in total. The molecule has 96 valence electrons. The molecule has 1 aromatic heterocycles. The van der Waals surface area contributed by atoms with Gasteiger partial charge in [-0.15, -0.1) is 0 Å². The Morgan fingerprint density at radius 3 is 2.83 bits per heavy atom. The third-order valence-corrected chi connectivity index (χ3v) is 3.89. The predicted octanol–water partition coefficient (Wildman–Crippen LogP) is 0.569. The Hall–Kier alpha value is -1.62. The number of carbonyl (C=O) groups is 1. The fourth-order valence-corrected chi connectivity index (χ4v) is 2.57. The minimum absolute atomic E-state index is 0.0855. The first-order chi connectivity index (χ1) is 8.49. The summed E-state index contributed by atoms with van der Waals surface area (Å²) in [4.78, 5) is 18.0. The molecule has 1 aliphatic carbocycles. The van der Waals surface area contributed by atoms with E-state index in [0.717, 1.165) is 12.8 Å². The zero-order valence-corrected chi connectivity index (χ0v) is 10.4. The van der Waals surface area contributed by atoms with Gasteiger partial charge in [-0.05, 0) is 31.7 Å². The summed E-state index contributed by atoms with van der Waals surface area (Å²) in [6.45, 7) is 2.66. The van der Waals surface area contributed by atoms with E-state index in [2.05, 4.69) is 4.98 Å². The van der Waals surface area contributed by atoms with Gasteiger partial charge < -0.3 is 15.7 Å². The summed E-state index contributed by atoms with van der Waals surface area (Å²) in [7, 11) is 0. The number of nitrogens with two attached hydrogens (primary N) is 1. The van der Waals surface area contributed by atoms with Crippen LogP contribution in [0.4, 0.5) is 5.69 Å². The van der Waals surface area contributed by atoms with Gasteiger partial charge in [0.15, 0.2) is 0 Å². The molecule has 5 nitrogen and oxygen atoms in total. The number of β-amino-alcohol motifs (C(OH)–C–C–N with tert-alkyl or cyclic N) is 1. The molecular formula is C13H17N3O2. The SMILES string of the molecule is Cc1ncc(N)cc1C(=O)N1CC(O)(C2CC2)C1. The average Bonchev–Trinajstić information content (AvgIpc) is 3.11. The van der Waals surface area contributed by atoms with Crippen molar-refractivity contribution in [3.63, 3.8) is 0 Å². The molecule has 2 heterocycles. The minimum Gasteiger partial charge on any atom is -0.397 e. The number of pyridine rings is 1. The first kappa shape index (κ1) is 11.5. The van der Waals surface area contributed by atoms with Crippen molar-refractivity contribution in [3.05, 3.63) is 23.5 Å². The van der Waals surface area contributed by atoms with Crippen LogP contribution in [0.15, 0.2) is 12.3 Å². The number of anilines is 1. The van der Waals surface area contributed by atoms with Crippen molar-refractivity contribution in [3.8, 4) is 0 Å². The highest BCUT2D eigenvalue weighted by Crippen LogP contribution is 2.44. The van der Waals surface area contributed by atoms with Crippen LogP contribution in [-0.2, 0) is 0 Å². The molecule has 0 spiro atoms. The zero-order valence-electron chi connectivity index (χ0n) is 10.4. The first-order valence-electron chi connectivity index (χ1n) is 6.23. The van der Waals surface area contributed by atoms with E-state index in [1.807, 2.05) is 0 Å². The number of aryl methyl sites for hydroxylation is 1. The molecule has 1 saturated heterocycles. The summed E-state index contributed by atoms with van der Waals surface area (Å²) in [5.74, 6) is 0.305. The number of carbonyl (C=O) groups excluding carboxylic acids is 1. The number of amides is 1. The maximum atomic E-state index is 12.3. The van der Waals surface area contributed by atoms with E-state index in [9.17, 15) is 9.90 Å². The van der Waals surface area contributed by atoms with Crippen LogP contribution < -0.4 is 5.73 Å². The van der Waals surface area contributed by atoms with Gasteiger partial charge in [-0.25, -0.2) is 0 Å².